The summed E-state index contributed by atoms with van der Waals surface area (Å²) in [6.45, 7) is 0. The van der Waals surface area contributed by atoms with Crippen molar-refractivity contribution in [2.75, 3.05) is 5.88 Å². The van der Waals surface area contributed by atoms with Gasteiger partial charge in [0.15, 0.2) is 5.78 Å². The molecule has 0 radical (unpaired) electrons. The number of nitriles is 1. The van der Waals surface area contributed by atoms with Gasteiger partial charge in [0, 0.05) is 21.3 Å². The number of nitrogens with zero attached hydrogens (tertiary/aromatic N) is 2. The van der Waals surface area contributed by atoms with Crippen molar-refractivity contribution in [1.29, 1.82) is 5.26 Å². The summed E-state index contributed by atoms with van der Waals surface area (Å²) in [5.41, 5.74) is -0.107. The Balaban J connectivity index is 3.50. The fourth-order valence-corrected chi connectivity index (χ4v) is 1.98. The lowest BCUT2D eigenvalue weighted by atomic mass is 10.0. The van der Waals surface area contributed by atoms with Crippen LogP contribution in [0.4, 0.5) is 5.69 Å². The molecule has 16 heavy (non-hydrogen) atoms. The van der Waals surface area contributed by atoms with Gasteiger partial charge in [0.05, 0.1) is 16.4 Å². The summed E-state index contributed by atoms with van der Waals surface area (Å²) in [6, 6.07) is 4.15. The number of halogens is 2. The molecule has 0 N–H and O–H groups in total. The Morgan fingerprint density at radius 2 is 2.25 bits per heavy atom. The van der Waals surface area contributed by atoms with Gasteiger partial charge in [-0.05, 0) is 22.6 Å². The van der Waals surface area contributed by atoms with Crippen LogP contribution in [0.15, 0.2) is 12.1 Å². The molecule has 0 aliphatic rings. The Labute approximate surface area is 109 Å². The van der Waals surface area contributed by atoms with Crippen molar-refractivity contribution in [1.82, 2.24) is 0 Å². The largest absolute Gasteiger partial charge is 0.293 e. The monoisotopic (exact) mass is 350 g/mol. The Morgan fingerprint density at radius 1 is 1.62 bits per heavy atom. The molecule has 82 valence electrons. The average molecular weight is 350 g/mol. The van der Waals surface area contributed by atoms with E-state index in [-0.39, 0.29) is 22.7 Å². The summed E-state index contributed by atoms with van der Waals surface area (Å²) in [5.74, 6) is -0.814. The molecule has 0 spiro atoms. The number of rotatable bonds is 3. The number of ketones is 1. The van der Waals surface area contributed by atoms with Crippen LogP contribution in [0.5, 0.6) is 0 Å². The summed E-state index contributed by atoms with van der Waals surface area (Å²) in [4.78, 5) is 21.4. The molecule has 0 aromatic heterocycles. The number of non-ortho nitro benzene ring substituents is 1. The Morgan fingerprint density at radius 3 is 2.69 bits per heavy atom. The minimum Gasteiger partial charge on any atom is -0.293 e. The average Bonchev–Trinajstić information content (AvgIpc) is 2.26. The van der Waals surface area contributed by atoms with Gasteiger partial charge in [-0.25, -0.2) is 0 Å². The number of nitro benzene ring substituents is 1. The third kappa shape index (κ3) is 2.48. The van der Waals surface area contributed by atoms with Crippen LogP contribution in [0.3, 0.4) is 0 Å². The normalized spacial score (nSPS) is 9.56. The highest BCUT2D eigenvalue weighted by Crippen LogP contribution is 2.24. The highest BCUT2D eigenvalue weighted by atomic mass is 127. The quantitative estimate of drug-likeness (QED) is 0.276. The van der Waals surface area contributed by atoms with Gasteiger partial charge in [0.2, 0.25) is 0 Å². The van der Waals surface area contributed by atoms with Crippen LogP contribution in [-0.4, -0.2) is 16.6 Å². The van der Waals surface area contributed by atoms with Gasteiger partial charge >= 0.3 is 0 Å². The van der Waals surface area contributed by atoms with Crippen LogP contribution in [0, 0.1) is 25.0 Å². The van der Waals surface area contributed by atoms with E-state index in [2.05, 4.69) is 0 Å². The van der Waals surface area contributed by atoms with Crippen LogP contribution >= 0.6 is 34.2 Å². The first-order valence-electron chi connectivity index (χ1n) is 3.98. The Kier molecular flexibility index (Phi) is 4.20. The van der Waals surface area contributed by atoms with Gasteiger partial charge in [-0.1, -0.05) is 0 Å². The maximum atomic E-state index is 11.4. The maximum absolute atomic E-state index is 11.4. The number of carbonyl (C=O) groups excluding carboxylic acids is 1. The molecule has 0 unspecified atom stereocenters. The summed E-state index contributed by atoms with van der Waals surface area (Å²) < 4.78 is 0.364. The molecule has 1 aromatic rings. The second kappa shape index (κ2) is 5.23. The zero-order chi connectivity index (χ0) is 12.3. The molecule has 0 fully saturated rings. The predicted octanol–water partition coefficient (Wildman–Crippen LogP) is 2.49. The molecule has 0 saturated heterocycles. The van der Waals surface area contributed by atoms with E-state index >= 15 is 0 Å². The number of benzene rings is 1. The van der Waals surface area contributed by atoms with Crippen molar-refractivity contribution >= 4 is 45.7 Å². The van der Waals surface area contributed by atoms with Crippen LogP contribution in [0.2, 0.25) is 0 Å². The molecule has 7 heteroatoms. The number of hydrogen-bond donors (Lipinski definition) is 0. The zero-order valence-electron chi connectivity index (χ0n) is 7.74. The molecule has 1 rings (SSSR count). The van der Waals surface area contributed by atoms with E-state index in [4.69, 9.17) is 16.9 Å². The lowest BCUT2D eigenvalue weighted by Crippen LogP contribution is -2.06. The molecule has 1 aromatic carbocycles. The van der Waals surface area contributed by atoms with E-state index in [1.165, 1.54) is 6.07 Å². The van der Waals surface area contributed by atoms with Crippen molar-refractivity contribution in [3.05, 3.63) is 36.9 Å². The molecule has 0 bridgehead atoms. The van der Waals surface area contributed by atoms with Crippen molar-refractivity contribution in [3.8, 4) is 6.07 Å². The first kappa shape index (κ1) is 12.9. The zero-order valence-corrected chi connectivity index (χ0v) is 10.7. The SMILES string of the molecule is N#Cc1c(I)cc([N+](=O)[O-])cc1C(=O)CCl. The number of alkyl halides is 1. The molecule has 0 aliphatic carbocycles. The van der Waals surface area contributed by atoms with E-state index in [1.807, 2.05) is 6.07 Å². The van der Waals surface area contributed by atoms with Crippen molar-refractivity contribution in [2.45, 2.75) is 0 Å². The summed E-state index contributed by atoms with van der Waals surface area (Å²) in [7, 11) is 0. The number of hydrogen-bond acceptors (Lipinski definition) is 4. The molecule has 0 saturated carbocycles. The van der Waals surface area contributed by atoms with E-state index in [9.17, 15) is 14.9 Å². The lowest BCUT2D eigenvalue weighted by molar-refractivity contribution is -0.385. The number of carbonyl (C=O) groups is 1. The van der Waals surface area contributed by atoms with E-state index < -0.39 is 10.7 Å². The molecular weight excluding hydrogens is 346 g/mol. The van der Waals surface area contributed by atoms with Crippen molar-refractivity contribution < 1.29 is 9.72 Å². The standard InChI is InChI=1S/C9H4ClIN2O3/c10-3-9(14)6-1-5(13(15)16)2-8(11)7(6)4-12/h1-2H,3H2. The smallest absolute Gasteiger partial charge is 0.271 e. The third-order valence-corrected chi connectivity index (χ3v) is 2.91. The van der Waals surface area contributed by atoms with E-state index in [1.54, 1.807) is 22.6 Å². The molecule has 0 atom stereocenters. The minimum atomic E-state index is -0.617. The Bertz CT molecular complexity index is 510. The Hall–Kier alpha value is -1.20. The highest BCUT2D eigenvalue weighted by Gasteiger charge is 2.19. The van der Waals surface area contributed by atoms with E-state index in [0.717, 1.165) is 6.07 Å². The van der Waals surface area contributed by atoms with Gasteiger partial charge in [-0.3, -0.25) is 14.9 Å². The minimum absolute atomic E-state index is 0.00361. The second-order valence-corrected chi connectivity index (χ2v) is 4.21. The van der Waals surface area contributed by atoms with Crippen LogP contribution in [-0.2, 0) is 0 Å². The van der Waals surface area contributed by atoms with Gasteiger partial charge in [0.1, 0.15) is 6.07 Å². The molecule has 0 aliphatic heterocycles. The van der Waals surface area contributed by atoms with Crippen LogP contribution in [0.25, 0.3) is 0 Å². The first-order chi connectivity index (χ1) is 7.51. The van der Waals surface area contributed by atoms with Gasteiger partial charge < -0.3 is 0 Å². The summed E-state index contributed by atoms with van der Waals surface area (Å²) in [5, 5.41) is 19.4. The predicted molar refractivity (Wildman–Crippen MR) is 65.6 cm³/mol. The highest BCUT2D eigenvalue weighted by molar-refractivity contribution is 14.1. The summed E-state index contributed by atoms with van der Waals surface area (Å²) >= 11 is 7.14. The summed E-state index contributed by atoms with van der Waals surface area (Å²) in [6.07, 6.45) is 0. The molecular formula is C9H4ClIN2O3. The van der Waals surface area contributed by atoms with Crippen LogP contribution < -0.4 is 0 Å². The lowest BCUT2D eigenvalue weighted by Gasteiger charge is -2.03. The fourth-order valence-electron chi connectivity index (χ4n) is 1.10. The van der Waals surface area contributed by atoms with Gasteiger partial charge in [0.25, 0.3) is 5.69 Å². The molecule has 0 heterocycles. The van der Waals surface area contributed by atoms with Crippen molar-refractivity contribution in [3.63, 3.8) is 0 Å². The second-order valence-electron chi connectivity index (χ2n) is 2.78. The molecule has 5 nitrogen and oxygen atoms in total. The van der Waals surface area contributed by atoms with Gasteiger partial charge in [-0.15, -0.1) is 11.6 Å². The van der Waals surface area contributed by atoms with Crippen molar-refractivity contribution in [2.24, 2.45) is 0 Å². The number of nitro groups is 1. The van der Waals surface area contributed by atoms with E-state index in [0.29, 0.717) is 3.57 Å². The topological polar surface area (TPSA) is 84.0 Å². The first-order valence-corrected chi connectivity index (χ1v) is 5.59. The fraction of sp³-hybridized carbons (Fsp3) is 0.111. The van der Waals surface area contributed by atoms with Gasteiger partial charge in [-0.2, -0.15) is 5.26 Å². The third-order valence-electron chi connectivity index (χ3n) is 1.82. The maximum Gasteiger partial charge on any atom is 0.271 e. The molecule has 0 amide bonds. The van der Waals surface area contributed by atoms with Crippen LogP contribution in [0.1, 0.15) is 15.9 Å². The number of Topliss-reactive ketones (excluding diaryl/α,β-unsaturated/α-hetero) is 1.